The van der Waals surface area contributed by atoms with E-state index in [4.69, 9.17) is 8.85 Å². The summed E-state index contributed by atoms with van der Waals surface area (Å²) in [5, 5.41) is 12.3. The van der Waals surface area contributed by atoms with Crippen molar-refractivity contribution in [2.75, 3.05) is 6.61 Å². The Bertz CT molecular complexity index is 1010. The maximum atomic E-state index is 12.2. The van der Waals surface area contributed by atoms with Crippen LogP contribution in [0.5, 0.6) is 0 Å². The molecule has 6 heteroatoms. The minimum atomic E-state index is -2.84. The first-order valence-electron chi connectivity index (χ1n) is 13.0. The molecule has 0 radical (unpaired) electrons. The van der Waals surface area contributed by atoms with Crippen molar-refractivity contribution in [3.8, 4) is 0 Å². The summed E-state index contributed by atoms with van der Waals surface area (Å²) in [5.74, 6) is -1.62. The van der Waals surface area contributed by atoms with E-state index in [0.29, 0.717) is 13.0 Å². The van der Waals surface area contributed by atoms with Crippen LogP contribution in [0.15, 0.2) is 72.8 Å². The van der Waals surface area contributed by atoms with Crippen LogP contribution in [0.25, 0.3) is 0 Å². The zero-order valence-electron chi connectivity index (χ0n) is 23.3. The van der Waals surface area contributed by atoms with E-state index in [0.717, 1.165) is 5.57 Å². The van der Waals surface area contributed by atoms with Crippen LogP contribution in [0.1, 0.15) is 48.0 Å². The van der Waals surface area contributed by atoms with Crippen LogP contribution in [0.4, 0.5) is 0 Å². The van der Waals surface area contributed by atoms with E-state index in [2.05, 4.69) is 110 Å². The summed E-state index contributed by atoms with van der Waals surface area (Å²) < 4.78 is 14.0. The molecule has 1 aliphatic carbocycles. The predicted molar refractivity (Wildman–Crippen MR) is 154 cm³/mol. The fraction of sp³-hybridized carbons (Fsp3) is 0.500. The summed E-state index contributed by atoms with van der Waals surface area (Å²) in [4.78, 5) is 12.2. The van der Waals surface area contributed by atoms with E-state index in [1.807, 2.05) is 12.1 Å². The number of benzene rings is 2. The Kier molecular flexibility index (Phi) is 8.26. The first-order chi connectivity index (χ1) is 16.6. The number of rotatable bonds is 8. The smallest absolute Gasteiger partial charge is 0.310 e. The largest absolute Gasteiger partial charge is 0.481 e. The van der Waals surface area contributed by atoms with Gasteiger partial charge in [-0.2, -0.15) is 0 Å². The lowest BCUT2D eigenvalue weighted by molar-refractivity contribution is -0.140. The van der Waals surface area contributed by atoms with Crippen LogP contribution in [-0.4, -0.2) is 40.4 Å². The molecular formula is C30H44O4Si2. The zero-order valence-corrected chi connectivity index (χ0v) is 25.3. The second-order valence-corrected chi connectivity index (χ2v) is 21.8. The van der Waals surface area contributed by atoms with Crippen LogP contribution < -0.4 is 10.4 Å². The average Bonchev–Trinajstić information content (AvgIpc) is 3.10. The Balaban J connectivity index is 2.10. The quantitative estimate of drug-likeness (QED) is 0.328. The van der Waals surface area contributed by atoms with E-state index in [1.54, 1.807) is 0 Å². The Hall–Kier alpha value is -2.00. The van der Waals surface area contributed by atoms with Gasteiger partial charge in [0.2, 0.25) is 0 Å². The Morgan fingerprint density at radius 1 is 0.917 bits per heavy atom. The summed E-state index contributed by atoms with van der Waals surface area (Å²) in [5.41, 5.74) is 0.726. The summed E-state index contributed by atoms with van der Waals surface area (Å²) in [6.07, 6.45) is 0.138. The first kappa shape index (κ1) is 28.6. The van der Waals surface area contributed by atoms with Gasteiger partial charge in [0, 0.05) is 12.5 Å². The van der Waals surface area contributed by atoms with Crippen LogP contribution >= 0.6 is 0 Å². The van der Waals surface area contributed by atoms with Crippen molar-refractivity contribution in [1.29, 1.82) is 0 Å². The van der Waals surface area contributed by atoms with Gasteiger partial charge in [-0.3, -0.25) is 4.79 Å². The molecule has 2 aromatic carbocycles. The number of hydrogen-bond acceptors (Lipinski definition) is 3. The van der Waals surface area contributed by atoms with Crippen LogP contribution in [-0.2, 0) is 13.6 Å². The molecule has 0 unspecified atom stereocenters. The molecule has 1 fully saturated rings. The molecule has 0 aliphatic heterocycles. The minimum absolute atomic E-state index is 0.0630. The average molecular weight is 525 g/mol. The third kappa shape index (κ3) is 5.47. The molecule has 0 amide bonds. The molecular weight excluding hydrogens is 480 g/mol. The lowest BCUT2D eigenvalue weighted by atomic mass is 9.99. The molecule has 1 aliphatic rings. The Morgan fingerprint density at radius 2 is 1.39 bits per heavy atom. The molecule has 0 spiro atoms. The van der Waals surface area contributed by atoms with Crippen molar-refractivity contribution < 1.29 is 18.8 Å². The van der Waals surface area contributed by atoms with Crippen molar-refractivity contribution in [2.45, 2.75) is 77.2 Å². The third-order valence-corrected chi connectivity index (χ3v) is 17.9. The maximum Gasteiger partial charge on any atom is 0.310 e. The van der Waals surface area contributed by atoms with Crippen molar-refractivity contribution in [3.05, 3.63) is 72.8 Å². The van der Waals surface area contributed by atoms with E-state index in [9.17, 15) is 9.90 Å². The highest BCUT2D eigenvalue weighted by Crippen LogP contribution is 2.45. The van der Waals surface area contributed by atoms with E-state index in [1.165, 1.54) is 10.4 Å². The first-order valence-corrected chi connectivity index (χ1v) is 17.8. The molecule has 0 heterocycles. The second kappa shape index (κ2) is 10.4. The number of hydrogen-bond donors (Lipinski definition) is 1. The van der Waals surface area contributed by atoms with Gasteiger partial charge in [0.25, 0.3) is 8.32 Å². The van der Waals surface area contributed by atoms with Gasteiger partial charge in [-0.15, -0.1) is 0 Å². The van der Waals surface area contributed by atoms with Crippen LogP contribution in [0.3, 0.4) is 0 Å². The summed E-state index contributed by atoms with van der Waals surface area (Å²) in [7, 11) is -4.88. The van der Waals surface area contributed by atoms with Crippen molar-refractivity contribution in [3.63, 3.8) is 0 Å². The van der Waals surface area contributed by atoms with Crippen LogP contribution in [0.2, 0.25) is 23.2 Å². The van der Waals surface area contributed by atoms with Gasteiger partial charge in [0.1, 0.15) is 0 Å². The molecule has 1 saturated carbocycles. The fourth-order valence-corrected chi connectivity index (χ4v) is 10.8. The van der Waals surface area contributed by atoms with Gasteiger partial charge in [-0.05, 0) is 40.0 Å². The lowest BCUT2D eigenvalue weighted by Gasteiger charge is -2.46. The number of aliphatic carboxylic acids is 1. The number of carbonyl (C=O) groups is 1. The van der Waals surface area contributed by atoms with Gasteiger partial charge >= 0.3 is 5.97 Å². The normalized spacial score (nSPS) is 21.6. The molecule has 3 rings (SSSR count). The molecule has 0 aromatic heterocycles. The van der Waals surface area contributed by atoms with E-state index >= 15 is 0 Å². The second-order valence-electron chi connectivity index (χ2n) is 12.7. The molecule has 1 N–H and O–H groups in total. The summed E-state index contributed by atoms with van der Waals surface area (Å²) in [6.45, 7) is 22.6. The van der Waals surface area contributed by atoms with Crippen molar-refractivity contribution in [1.82, 2.24) is 0 Å². The molecule has 3 atom stereocenters. The van der Waals surface area contributed by atoms with Gasteiger partial charge in [-0.25, -0.2) is 0 Å². The van der Waals surface area contributed by atoms with Gasteiger partial charge in [0.15, 0.2) is 8.32 Å². The highest BCUT2D eigenvalue weighted by Gasteiger charge is 2.54. The number of carboxylic acid groups (broad SMARTS) is 1. The van der Waals surface area contributed by atoms with Gasteiger partial charge in [-0.1, -0.05) is 114 Å². The highest BCUT2D eigenvalue weighted by atomic mass is 28.4. The Morgan fingerprint density at radius 3 is 1.78 bits per heavy atom. The monoisotopic (exact) mass is 524 g/mol. The highest BCUT2D eigenvalue weighted by molar-refractivity contribution is 6.99. The fourth-order valence-electron chi connectivity index (χ4n) is 5.08. The molecule has 0 bridgehead atoms. The SMILES string of the molecule is C=C1[C@H](C(=O)O)C[C@H](O[Si](c2ccccc2)(c2ccccc2)C(C)(C)C)[C@H]1CO[Si](C)(C)C(C)(C)C. The summed E-state index contributed by atoms with van der Waals surface area (Å²) >= 11 is 0. The Labute approximate surface area is 220 Å². The standard InChI is InChI=1S/C30H44O4Si2/c1-22-25(28(31)32)20-27(26(22)21-33-35(8,9)29(2,3)4)34-36(30(5,6)7,23-16-12-10-13-17-23)24-18-14-11-15-19-24/h10-19,25-27H,1,20-21H2,2-9H3,(H,31,32)/t25-,26+,27+/m1/s1. The molecule has 2 aromatic rings. The van der Waals surface area contributed by atoms with E-state index < -0.39 is 28.5 Å². The zero-order chi connectivity index (χ0) is 26.9. The molecule has 0 saturated heterocycles. The van der Waals surface area contributed by atoms with Crippen molar-refractivity contribution in [2.24, 2.45) is 11.8 Å². The predicted octanol–water partition coefficient (Wildman–Crippen LogP) is 6.23. The number of carboxylic acids is 1. The van der Waals surface area contributed by atoms with Gasteiger partial charge < -0.3 is 14.0 Å². The van der Waals surface area contributed by atoms with E-state index in [-0.39, 0.29) is 22.1 Å². The minimum Gasteiger partial charge on any atom is -0.481 e. The topological polar surface area (TPSA) is 55.8 Å². The van der Waals surface area contributed by atoms with Crippen molar-refractivity contribution >= 4 is 33.0 Å². The lowest BCUT2D eigenvalue weighted by Crippen LogP contribution is -2.68. The molecule has 4 nitrogen and oxygen atoms in total. The summed E-state index contributed by atoms with van der Waals surface area (Å²) in [6, 6.07) is 21.0. The van der Waals surface area contributed by atoms with Gasteiger partial charge in [0.05, 0.1) is 12.0 Å². The van der Waals surface area contributed by atoms with Crippen LogP contribution in [0, 0.1) is 11.8 Å². The third-order valence-electron chi connectivity index (χ3n) is 8.31. The molecule has 36 heavy (non-hydrogen) atoms. The molecule has 196 valence electrons. The maximum absolute atomic E-state index is 12.2.